The molecule has 0 spiro atoms. The van der Waals surface area contributed by atoms with E-state index in [0.717, 1.165) is 6.42 Å². The molecule has 2 rings (SSSR count). The number of rotatable bonds is 9. The van der Waals surface area contributed by atoms with Gasteiger partial charge < -0.3 is 18.9 Å². The van der Waals surface area contributed by atoms with Gasteiger partial charge in [0.15, 0.2) is 6.10 Å². The maximum Gasteiger partial charge on any atom is 0.311 e. The molecule has 204 valence electrons. The van der Waals surface area contributed by atoms with E-state index >= 15 is 0 Å². The minimum atomic E-state index is -1.64. The lowest BCUT2D eigenvalue weighted by molar-refractivity contribution is -0.166. The van der Waals surface area contributed by atoms with Crippen molar-refractivity contribution >= 4 is 20.0 Å². The fourth-order valence-electron chi connectivity index (χ4n) is 4.58. The Morgan fingerprint density at radius 1 is 1.06 bits per heavy atom. The van der Waals surface area contributed by atoms with Gasteiger partial charge in [-0.05, 0) is 54.0 Å². The highest BCUT2D eigenvalue weighted by Gasteiger charge is 2.38. The third kappa shape index (κ3) is 8.15. The average Bonchev–Trinajstić information content (AvgIpc) is 3.00. The van der Waals surface area contributed by atoms with Crippen molar-refractivity contribution in [3.63, 3.8) is 0 Å². The zero-order valence-electron chi connectivity index (χ0n) is 23.9. The zero-order valence-corrected chi connectivity index (χ0v) is 24.9. The molecule has 0 aliphatic carbocycles. The van der Waals surface area contributed by atoms with E-state index in [2.05, 4.69) is 32.9 Å². The van der Waals surface area contributed by atoms with Crippen LogP contribution in [0, 0.1) is 10.8 Å². The molecule has 7 heteroatoms. The third-order valence-corrected chi connectivity index (χ3v) is 13.1. The average molecular weight is 521 g/mol. The van der Waals surface area contributed by atoms with Crippen LogP contribution in [-0.2, 0) is 28.5 Å². The maximum atomic E-state index is 12.7. The number of ether oxygens (including phenoxy) is 4. The van der Waals surface area contributed by atoms with Gasteiger partial charge in [-0.25, -0.2) is 0 Å². The summed E-state index contributed by atoms with van der Waals surface area (Å²) in [7, 11) is -1.64. The highest BCUT2D eigenvalue weighted by Crippen LogP contribution is 2.36. The minimum Gasteiger partial charge on any atom is -0.461 e. The highest BCUT2D eigenvalue weighted by molar-refractivity contribution is 6.86. The van der Waals surface area contributed by atoms with Crippen LogP contribution >= 0.6 is 0 Å². The largest absolute Gasteiger partial charge is 0.461 e. The summed E-state index contributed by atoms with van der Waals surface area (Å²) in [6.45, 7) is 18.3. The molecule has 0 amide bonds. The molecule has 0 saturated carbocycles. The number of esters is 2. The maximum absolute atomic E-state index is 12.7. The van der Waals surface area contributed by atoms with E-state index in [-0.39, 0.29) is 36.9 Å². The lowest BCUT2D eigenvalue weighted by Crippen LogP contribution is -2.39. The van der Waals surface area contributed by atoms with E-state index < -0.39 is 25.0 Å². The minimum absolute atomic E-state index is 0.0124. The molecule has 0 aromatic heterocycles. The summed E-state index contributed by atoms with van der Waals surface area (Å²) in [6, 6.07) is 3.55. The first-order valence-corrected chi connectivity index (χ1v) is 16.1. The third-order valence-electron chi connectivity index (χ3n) is 7.29. The SMILES string of the molecule is CC[Si](CC)(CC)C1=C[C@@H](/C=C/[C@H](COC(=O)C(C)(C)C)OC(=O)C(C)(C)C)O[C@H]2C=CCO[C@@H]2C1. The van der Waals surface area contributed by atoms with Gasteiger partial charge in [0, 0.05) is 0 Å². The van der Waals surface area contributed by atoms with Crippen LogP contribution in [0.4, 0.5) is 0 Å². The van der Waals surface area contributed by atoms with Gasteiger partial charge in [-0.1, -0.05) is 68.4 Å². The molecule has 2 aliphatic heterocycles. The Labute approximate surface area is 219 Å². The monoisotopic (exact) mass is 520 g/mol. The molecule has 4 atom stereocenters. The molecule has 0 N–H and O–H groups in total. The second-order valence-corrected chi connectivity index (χ2v) is 17.4. The summed E-state index contributed by atoms with van der Waals surface area (Å²) < 4.78 is 23.8. The Bertz CT molecular complexity index is 833. The molecule has 36 heavy (non-hydrogen) atoms. The molecule has 0 unspecified atom stereocenters. The van der Waals surface area contributed by atoms with Crippen LogP contribution in [0.5, 0.6) is 0 Å². The van der Waals surface area contributed by atoms with E-state index in [9.17, 15) is 9.59 Å². The van der Waals surface area contributed by atoms with E-state index in [1.165, 1.54) is 23.3 Å². The Balaban J connectivity index is 2.35. The fourth-order valence-corrected chi connectivity index (χ4v) is 8.59. The zero-order chi connectivity index (χ0) is 27.1. The lowest BCUT2D eigenvalue weighted by Gasteiger charge is -2.34. The van der Waals surface area contributed by atoms with Gasteiger partial charge in [-0.15, -0.1) is 0 Å². The van der Waals surface area contributed by atoms with Gasteiger partial charge in [0.2, 0.25) is 0 Å². The van der Waals surface area contributed by atoms with Crippen LogP contribution in [0.1, 0.15) is 68.7 Å². The van der Waals surface area contributed by atoms with Crippen LogP contribution in [-0.4, -0.2) is 57.6 Å². The summed E-state index contributed by atoms with van der Waals surface area (Å²) in [5, 5.41) is 1.50. The van der Waals surface area contributed by atoms with Crippen LogP contribution in [0.15, 0.2) is 35.6 Å². The fraction of sp³-hybridized carbons (Fsp3) is 0.724. The summed E-state index contributed by atoms with van der Waals surface area (Å²) in [5.41, 5.74) is -1.31. The molecule has 0 aromatic rings. The topological polar surface area (TPSA) is 71.1 Å². The van der Waals surface area contributed by atoms with Crippen molar-refractivity contribution in [2.24, 2.45) is 10.8 Å². The van der Waals surface area contributed by atoms with Crippen LogP contribution < -0.4 is 0 Å². The number of fused-ring (bicyclic) bond motifs is 1. The first-order chi connectivity index (χ1) is 16.8. The lowest BCUT2D eigenvalue weighted by atomic mass is 9.97. The second kappa shape index (κ2) is 12.7. The van der Waals surface area contributed by atoms with Crippen LogP contribution in [0.25, 0.3) is 0 Å². The molecule has 2 aliphatic rings. The van der Waals surface area contributed by atoms with Crippen molar-refractivity contribution in [2.75, 3.05) is 13.2 Å². The highest BCUT2D eigenvalue weighted by atomic mass is 28.3. The standard InChI is InChI=1S/C29H48O6Si/c1-10-36(11-2,12-3)23-18-21(34-24-14-13-17-32-25(24)19-23)15-16-22(35-27(31)29(7,8)9)20-33-26(30)28(4,5)6/h13-16,18,21-22,24-25H,10-12,17,19-20H2,1-9H3/b16-15+/t21-,22-,24+,25-/m1/s1. The van der Waals surface area contributed by atoms with Gasteiger partial charge in [-0.2, -0.15) is 0 Å². The van der Waals surface area contributed by atoms with Crippen molar-refractivity contribution in [2.45, 2.75) is 111 Å². The molecular weight excluding hydrogens is 472 g/mol. The van der Waals surface area contributed by atoms with Gasteiger partial charge in [0.05, 0.1) is 37.7 Å². The molecule has 0 fully saturated rings. The molecule has 0 aromatic carbocycles. The van der Waals surface area contributed by atoms with Gasteiger partial charge in [0.25, 0.3) is 0 Å². The smallest absolute Gasteiger partial charge is 0.311 e. The molecular formula is C29H48O6Si. The first kappa shape index (κ1) is 30.5. The normalized spacial score (nSPS) is 24.0. The summed E-state index contributed by atoms with van der Waals surface area (Å²) >= 11 is 0. The van der Waals surface area contributed by atoms with E-state index in [4.69, 9.17) is 18.9 Å². The summed E-state index contributed by atoms with van der Waals surface area (Å²) in [6.07, 6.45) is 9.92. The molecule has 0 bridgehead atoms. The Hall–Kier alpha value is -1.70. The summed E-state index contributed by atoms with van der Waals surface area (Å²) in [4.78, 5) is 25.0. The Morgan fingerprint density at radius 3 is 2.22 bits per heavy atom. The number of hydrogen-bond acceptors (Lipinski definition) is 6. The van der Waals surface area contributed by atoms with Crippen molar-refractivity contribution < 1.29 is 28.5 Å². The molecule has 2 heterocycles. The predicted octanol–water partition coefficient (Wildman–Crippen LogP) is 6.18. The van der Waals surface area contributed by atoms with E-state index in [1.807, 2.05) is 12.2 Å². The number of carbonyl (C=O) groups is 2. The van der Waals surface area contributed by atoms with Crippen LogP contribution in [0.3, 0.4) is 0 Å². The van der Waals surface area contributed by atoms with E-state index in [1.54, 1.807) is 47.6 Å². The van der Waals surface area contributed by atoms with Crippen molar-refractivity contribution in [1.29, 1.82) is 0 Å². The van der Waals surface area contributed by atoms with Gasteiger partial charge in [-0.3, -0.25) is 9.59 Å². The second-order valence-electron chi connectivity index (χ2n) is 12.0. The van der Waals surface area contributed by atoms with Gasteiger partial charge >= 0.3 is 11.9 Å². The number of hydrogen-bond donors (Lipinski definition) is 0. The summed E-state index contributed by atoms with van der Waals surface area (Å²) in [5.74, 6) is -0.683. The molecule has 0 radical (unpaired) electrons. The van der Waals surface area contributed by atoms with Gasteiger partial charge in [0.1, 0.15) is 12.7 Å². The molecule has 0 saturated heterocycles. The number of carbonyl (C=O) groups excluding carboxylic acids is 2. The predicted molar refractivity (Wildman–Crippen MR) is 146 cm³/mol. The molecule has 6 nitrogen and oxygen atoms in total. The quantitative estimate of drug-likeness (QED) is 0.205. The Kier molecular flexibility index (Phi) is 10.8. The van der Waals surface area contributed by atoms with E-state index in [0.29, 0.717) is 6.61 Å². The Morgan fingerprint density at radius 2 is 1.67 bits per heavy atom. The first-order valence-electron chi connectivity index (χ1n) is 13.5. The van der Waals surface area contributed by atoms with Crippen molar-refractivity contribution in [3.8, 4) is 0 Å². The van der Waals surface area contributed by atoms with Crippen molar-refractivity contribution in [1.82, 2.24) is 0 Å². The van der Waals surface area contributed by atoms with Crippen molar-refractivity contribution in [3.05, 3.63) is 35.6 Å². The van der Waals surface area contributed by atoms with Crippen LogP contribution in [0.2, 0.25) is 18.1 Å².